The molecule has 1 amide bonds. The minimum absolute atomic E-state index is 0.0709. The van der Waals surface area contributed by atoms with Crippen LogP contribution in [0.4, 0.5) is 5.69 Å². The van der Waals surface area contributed by atoms with E-state index in [-0.39, 0.29) is 17.3 Å². The second-order valence-electron chi connectivity index (χ2n) is 4.49. The molecule has 0 heterocycles. The highest BCUT2D eigenvalue weighted by Gasteiger charge is 2.16. The fraction of sp³-hybridized carbons (Fsp3) is 0.400. The van der Waals surface area contributed by atoms with Crippen molar-refractivity contribution < 1.29 is 14.5 Å². The molecule has 0 unspecified atom stereocenters. The average Bonchev–Trinajstić information content (AvgIpc) is 2.48. The SMILES string of the molecule is CCN(CC)C(=O)/C(C)=C/c1ccc(OC)c([N+](=O)[O-])c1. The van der Waals surface area contributed by atoms with Gasteiger partial charge in [0.25, 0.3) is 0 Å². The van der Waals surface area contributed by atoms with Crippen molar-refractivity contribution in [2.24, 2.45) is 0 Å². The van der Waals surface area contributed by atoms with E-state index < -0.39 is 4.92 Å². The summed E-state index contributed by atoms with van der Waals surface area (Å²) < 4.78 is 4.95. The van der Waals surface area contributed by atoms with E-state index >= 15 is 0 Å². The average molecular weight is 292 g/mol. The lowest BCUT2D eigenvalue weighted by Crippen LogP contribution is -2.30. The van der Waals surface area contributed by atoms with Crippen LogP contribution in [0.25, 0.3) is 6.08 Å². The van der Waals surface area contributed by atoms with Gasteiger partial charge in [-0.25, -0.2) is 0 Å². The first kappa shape index (κ1) is 16.7. The Balaban J connectivity index is 3.11. The molecule has 114 valence electrons. The zero-order valence-electron chi connectivity index (χ0n) is 12.8. The van der Waals surface area contributed by atoms with Gasteiger partial charge in [-0.15, -0.1) is 0 Å². The summed E-state index contributed by atoms with van der Waals surface area (Å²) in [5, 5.41) is 11.0. The molecule has 0 atom stereocenters. The number of carbonyl (C=O) groups is 1. The molecule has 1 aromatic carbocycles. The maximum Gasteiger partial charge on any atom is 0.311 e. The minimum atomic E-state index is -0.502. The quantitative estimate of drug-likeness (QED) is 0.459. The summed E-state index contributed by atoms with van der Waals surface area (Å²) in [5.74, 6) is 0.128. The number of methoxy groups -OCH3 is 1. The number of hydrogen-bond acceptors (Lipinski definition) is 4. The van der Waals surface area contributed by atoms with E-state index in [1.165, 1.54) is 19.2 Å². The molecule has 6 heteroatoms. The Hall–Kier alpha value is -2.37. The van der Waals surface area contributed by atoms with Crippen LogP contribution < -0.4 is 4.74 Å². The summed E-state index contributed by atoms with van der Waals surface area (Å²) in [7, 11) is 1.38. The van der Waals surface area contributed by atoms with E-state index in [0.717, 1.165) is 0 Å². The van der Waals surface area contributed by atoms with Crippen LogP contribution in [-0.2, 0) is 4.79 Å². The number of hydrogen-bond donors (Lipinski definition) is 0. The number of amides is 1. The first-order valence-corrected chi connectivity index (χ1v) is 6.74. The second kappa shape index (κ2) is 7.42. The summed E-state index contributed by atoms with van der Waals surface area (Å²) in [6, 6.07) is 4.61. The van der Waals surface area contributed by atoms with Crippen LogP contribution in [0.15, 0.2) is 23.8 Å². The van der Waals surface area contributed by atoms with Crippen molar-refractivity contribution >= 4 is 17.7 Å². The number of nitro benzene ring substituents is 1. The predicted octanol–water partition coefficient (Wildman–Crippen LogP) is 2.88. The van der Waals surface area contributed by atoms with Crippen LogP contribution in [0.1, 0.15) is 26.3 Å². The summed E-state index contributed by atoms with van der Waals surface area (Å²) in [5.41, 5.74) is 1.02. The van der Waals surface area contributed by atoms with Crippen molar-refractivity contribution in [1.29, 1.82) is 0 Å². The number of nitrogens with zero attached hydrogens (tertiary/aromatic N) is 2. The standard InChI is InChI=1S/C15H20N2O4/c1-5-16(6-2)15(18)11(3)9-12-7-8-14(21-4)13(10-12)17(19)20/h7-10H,5-6H2,1-4H3/b11-9+. The van der Waals surface area contributed by atoms with Gasteiger partial charge in [0.1, 0.15) is 0 Å². The number of likely N-dealkylation sites (N-methyl/N-ethyl adjacent to an activating group) is 1. The van der Waals surface area contributed by atoms with E-state index in [4.69, 9.17) is 4.74 Å². The van der Waals surface area contributed by atoms with Gasteiger partial charge in [-0.3, -0.25) is 14.9 Å². The van der Waals surface area contributed by atoms with Crippen LogP contribution >= 0.6 is 0 Å². The highest BCUT2D eigenvalue weighted by Crippen LogP contribution is 2.28. The first-order valence-electron chi connectivity index (χ1n) is 6.74. The third-order valence-electron chi connectivity index (χ3n) is 3.17. The highest BCUT2D eigenvalue weighted by atomic mass is 16.6. The Morgan fingerprint density at radius 2 is 2.00 bits per heavy atom. The van der Waals surface area contributed by atoms with Crippen molar-refractivity contribution in [1.82, 2.24) is 4.90 Å². The molecule has 0 aliphatic carbocycles. The highest BCUT2D eigenvalue weighted by molar-refractivity contribution is 5.97. The minimum Gasteiger partial charge on any atom is -0.490 e. The zero-order valence-corrected chi connectivity index (χ0v) is 12.8. The van der Waals surface area contributed by atoms with Gasteiger partial charge >= 0.3 is 5.69 Å². The molecule has 0 radical (unpaired) electrons. The third kappa shape index (κ3) is 4.05. The summed E-state index contributed by atoms with van der Waals surface area (Å²) in [4.78, 5) is 24.3. The lowest BCUT2D eigenvalue weighted by atomic mass is 10.1. The Morgan fingerprint density at radius 3 is 2.48 bits per heavy atom. The molecule has 1 aromatic rings. The molecule has 0 aromatic heterocycles. The smallest absolute Gasteiger partial charge is 0.311 e. The molecule has 0 fully saturated rings. The largest absolute Gasteiger partial charge is 0.490 e. The van der Waals surface area contributed by atoms with Gasteiger partial charge in [-0.2, -0.15) is 0 Å². The third-order valence-corrected chi connectivity index (χ3v) is 3.17. The fourth-order valence-electron chi connectivity index (χ4n) is 2.01. The Kier molecular flexibility index (Phi) is 5.90. The lowest BCUT2D eigenvalue weighted by molar-refractivity contribution is -0.385. The number of nitro groups is 1. The number of benzene rings is 1. The number of carbonyl (C=O) groups excluding carboxylic acids is 1. The molecule has 0 bridgehead atoms. The van der Waals surface area contributed by atoms with Crippen LogP contribution in [0, 0.1) is 10.1 Å². The van der Waals surface area contributed by atoms with Crippen molar-refractivity contribution in [3.05, 3.63) is 39.4 Å². The van der Waals surface area contributed by atoms with E-state index in [1.54, 1.807) is 24.0 Å². The lowest BCUT2D eigenvalue weighted by Gasteiger charge is -2.18. The Labute approximate surface area is 124 Å². The van der Waals surface area contributed by atoms with Crippen molar-refractivity contribution in [2.45, 2.75) is 20.8 Å². The van der Waals surface area contributed by atoms with Crippen molar-refractivity contribution in [3.63, 3.8) is 0 Å². The normalized spacial score (nSPS) is 11.1. The molecule has 0 saturated carbocycles. The summed E-state index contributed by atoms with van der Waals surface area (Å²) >= 11 is 0. The van der Waals surface area contributed by atoms with E-state index in [0.29, 0.717) is 24.2 Å². The monoisotopic (exact) mass is 292 g/mol. The second-order valence-corrected chi connectivity index (χ2v) is 4.49. The first-order chi connectivity index (χ1) is 9.94. The van der Waals surface area contributed by atoms with Crippen LogP contribution in [0.2, 0.25) is 0 Å². The maximum absolute atomic E-state index is 12.2. The molecule has 6 nitrogen and oxygen atoms in total. The van der Waals surface area contributed by atoms with Gasteiger partial charge in [-0.05, 0) is 38.5 Å². The molecule has 0 N–H and O–H groups in total. The molecule has 0 aliphatic heterocycles. The van der Waals surface area contributed by atoms with Crippen LogP contribution in [0.3, 0.4) is 0 Å². The van der Waals surface area contributed by atoms with E-state index in [1.807, 2.05) is 13.8 Å². The predicted molar refractivity (Wildman–Crippen MR) is 81.2 cm³/mol. The van der Waals surface area contributed by atoms with E-state index in [2.05, 4.69) is 0 Å². The molecule has 0 spiro atoms. The molecule has 21 heavy (non-hydrogen) atoms. The van der Waals surface area contributed by atoms with Gasteiger partial charge in [0.2, 0.25) is 5.91 Å². The summed E-state index contributed by atoms with van der Waals surface area (Å²) in [6.45, 7) is 6.78. The fourth-order valence-corrected chi connectivity index (χ4v) is 2.01. The van der Waals surface area contributed by atoms with Gasteiger partial charge < -0.3 is 9.64 Å². The van der Waals surface area contributed by atoms with Gasteiger partial charge in [0.05, 0.1) is 12.0 Å². The van der Waals surface area contributed by atoms with Crippen molar-refractivity contribution in [3.8, 4) is 5.75 Å². The van der Waals surface area contributed by atoms with Gasteiger partial charge in [0.15, 0.2) is 5.75 Å². The molecular weight excluding hydrogens is 272 g/mol. The summed E-state index contributed by atoms with van der Waals surface area (Å²) in [6.07, 6.45) is 1.65. The Bertz CT molecular complexity index is 563. The molecule has 0 saturated heterocycles. The van der Waals surface area contributed by atoms with Crippen LogP contribution in [0.5, 0.6) is 5.75 Å². The van der Waals surface area contributed by atoms with Crippen LogP contribution in [-0.4, -0.2) is 35.9 Å². The van der Waals surface area contributed by atoms with Gasteiger partial charge in [-0.1, -0.05) is 6.07 Å². The topological polar surface area (TPSA) is 72.7 Å². The zero-order chi connectivity index (χ0) is 16.0. The van der Waals surface area contributed by atoms with E-state index in [9.17, 15) is 14.9 Å². The van der Waals surface area contributed by atoms with Gasteiger partial charge in [0, 0.05) is 24.7 Å². The number of rotatable bonds is 6. The molecule has 0 aliphatic rings. The molecular formula is C15H20N2O4. The molecule has 1 rings (SSSR count). The number of ether oxygens (including phenoxy) is 1. The Morgan fingerprint density at radius 1 is 1.38 bits per heavy atom. The maximum atomic E-state index is 12.2. The van der Waals surface area contributed by atoms with Crippen molar-refractivity contribution in [2.75, 3.05) is 20.2 Å².